The van der Waals surface area contributed by atoms with Crippen molar-refractivity contribution < 1.29 is 23.4 Å². The molecule has 0 aliphatic rings. The summed E-state index contributed by atoms with van der Waals surface area (Å²) in [7, 11) is 0. The van der Waals surface area contributed by atoms with Crippen LogP contribution in [0, 0.1) is 6.92 Å². The zero-order valence-electron chi connectivity index (χ0n) is 20.1. The summed E-state index contributed by atoms with van der Waals surface area (Å²) in [5.74, 6) is -0.163. The first-order valence-corrected chi connectivity index (χ1v) is 11.9. The Bertz CT molecular complexity index is 1380. The molecule has 0 spiro atoms. The summed E-state index contributed by atoms with van der Waals surface area (Å²) in [6.07, 6.45) is -1.86. The molecule has 0 aliphatic carbocycles. The summed E-state index contributed by atoms with van der Waals surface area (Å²) in [4.78, 5) is 12.7. The van der Waals surface area contributed by atoms with Gasteiger partial charge in [-0.05, 0) is 68.1 Å². The average Bonchev–Trinajstić information content (AvgIpc) is 3.29. The van der Waals surface area contributed by atoms with Gasteiger partial charge in [-0.25, -0.2) is 15.0 Å². The molecule has 36 heavy (non-hydrogen) atoms. The molecule has 0 bridgehead atoms. The minimum atomic E-state index is -4.57. The number of nitrogens with zero attached hydrogens (tertiary/aromatic N) is 3. The van der Waals surface area contributed by atoms with E-state index in [1.165, 1.54) is 11.3 Å². The highest BCUT2D eigenvalue weighted by Crippen LogP contribution is 2.38. The third-order valence-corrected chi connectivity index (χ3v) is 6.90. The van der Waals surface area contributed by atoms with Crippen LogP contribution in [0.15, 0.2) is 60.9 Å². The van der Waals surface area contributed by atoms with Gasteiger partial charge in [-0.2, -0.15) is 13.2 Å². The van der Waals surface area contributed by atoms with Crippen molar-refractivity contribution in [3.8, 4) is 10.4 Å². The molecule has 0 saturated carbocycles. The molecule has 188 valence electrons. The van der Waals surface area contributed by atoms with Crippen LogP contribution < -0.4 is 5.32 Å². The number of alkyl halides is 3. The Balaban J connectivity index is 1.61. The van der Waals surface area contributed by atoms with Gasteiger partial charge < -0.3 is 15.5 Å². The Morgan fingerprint density at radius 3 is 2.19 bits per heavy atom. The molecule has 0 aliphatic heterocycles. The molecular weight excluding hydrogens is 489 g/mol. The van der Waals surface area contributed by atoms with Gasteiger partial charge in [0.05, 0.1) is 10.5 Å². The number of hydrogen-bond acceptors (Lipinski definition) is 7. The van der Waals surface area contributed by atoms with E-state index in [0.29, 0.717) is 16.3 Å². The molecule has 0 amide bonds. The van der Waals surface area contributed by atoms with Crippen LogP contribution in [-0.2, 0) is 17.4 Å². The van der Waals surface area contributed by atoms with Crippen molar-refractivity contribution in [3.05, 3.63) is 88.3 Å². The number of rotatable bonds is 6. The number of halogens is 3. The minimum absolute atomic E-state index is 0.163. The van der Waals surface area contributed by atoms with Crippen molar-refractivity contribution in [1.82, 2.24) is 15.0 Å². The Morgan fingerprint density at radius 2 is 1.56 bits per heavy atom. The van der Waals surface area contributed by atoms with Crippen LogP contribution in [0.3, 0.4) is 0 Å². The van der Waals surface area contributed by atoms with Crippen LogP contribution in [0.5, 0.6) is 0 Å². The van der Waals surface area contributed by atoms with Gasteiger partial charge in [0.25, 0.3) is 0 Å². The fourth-order valence-electron chi connectivity index (χ4n) is 3.66. The molecule has 2 aromatic carbocycles. The van der Waals surface area contributed by atoms with Gasteiger partial charge in [-0.3, -0.25) is 0 Å². The summed E-state index contributed by atoms with van der Waals surface area (Å²) >= 11 is 1.31. The van der Waals surface area contributed by atoms with Gasteiger partial charge in [0.1, 0.15) is 16.3 Å². The second-order valence-electron chi connectivity index (χ2n) is 9.21. The number of nitrogens with one attached hydrogen (secondary N) is 1. The van der Waals surface area contributed by atoms with Crippen LogP contribution in [0.1, 0.15) is 48.2 Å². The number of benzene rings is 2. The van der Waals surface area contributed by atoms with Crippen LogP contribution in [0.25, 0.3) is 10.4 Å². The normalized spacial score (nSPS) is 13.9. The van der Waals surface area contributed by atoms with Gasteiger partial charge >= 0.3 is 6.18 Å². The second kappa shape index (κ2) is 9.27. The molecule has 10 heteroatoms. The van der Waals surface area contributed by atoms with Crippen molar-refractivity contribution in [2.24, 2.45) is 0 Å². The molecule has 4 rings (SSSR count). The van der Waals surface area contributed by atoms with E-state index < -0.39 is 23.1 Å². The van der Waals surface area contributed by atoms with Crippen molar-refractivity contribution >= 4 is 23.0 Å². The van der Waals surface area contributed by atoms with Gasteiger partial charge in [0.2, 0.25) is 5.95 Å². The number of anilines is 2. The Kier molecular flexibility index (Phi) is 6.63. The highest BCUT2D eigenvalue weighted by molar-refractivity contribution is 7.15. The standard InChI is InChI=1S/C26H25F3N4O2S/c1-15-11-16(13-19(12-15)32-23-30-10-9-21(33-23)26(27,28)29)20-14-31-22(36-20)25(4,35)18-7-5-17(6-8-18)24(2,3)34/h5-14,34-35H,1-4H3,(H,30,32,33). The van der Waals surface area contributed by atoms with Crippen molar-refractivity contribution in [2.75, 3.05) is 5.32 Å². The van der Waals surface area contributed by atoms with E-state index in [9.17, 15) is 23.4 Å². The lowest BCUT2D eigenvalue weighted by Crippen LogP contribution is -2.23. The average molecular weight is 515 g/mol. The van der Waals surface area contributed by atoms with Gasteiger partial charge in [0.15, 0.2) is 0 Å². The highest BCUT2D eigenvalue weighted by Gasteiger charge is 2.33. The first-order valence-electron chi connectivity index (χ1n) is 11.0. The zero-order chi connectivity index (χ0) is 26.3. The number of aromatic nitrogens is 3. The Morgan fingerprint density at radius 1 is 0.889 bits per heavy atom. The fraction of sp³-hybridized carbons (Fsp3) is 0.269. The van der Waals surface area contributed by atoms with E-state index in [1.807, 2.05) is 13.0 Å². The molecule has 3 N–H and O–H groups in total. The quantitative estimate of drug-likeness (QED) is 0.286. The lowest BCUT2D eigenvalue weighted by atomic mass is 9.92. The fourth-order valence-corrected chi connectivity index (χ4v) is 4.63. The summed E-state index contributed by atoms with van der Waals surface area (Å²) in [5, 5.41) is 24.8. The molecule has 0 fully saturated rings. The first-order chi connectivity index (χ1) is 16.7. The van der Waals surface area contributed by atoms with E-state index in [0.717, 1.165) is 33.8 Å². The largest absolute Gasteiger partial charge is 0.433 e. The molecule has 2 aromatic heterocycles. The van der Waals surface area contributed by atoms with Gasteiger partial charge in [-0.1, -0.05) is 30.3 Å². The lowest BCUT2D eigenvalue weighted by Gasteiger charge is -2.23. The van der Waals surface area contributed by atoms with Gasteiger partial charge in [0, 0.05) is 18.1 Å². The molecule has 1 atom stereocenters. The highest BCUT2D eigenvalue weighted by atomic mass is 32.1. The van der Waals surface area contributed by atoms with E-state index in [-0.39, 0.29) is 5.95 Å². The maximum atomic E-state index is 13.0. The lowest BCUT2D eigenvalue weighted by molar-refractivity contribution is -0.141. The smallest absolute Gasteiger partial charge is 0.386 e. The zero-order valence-corrected chi connectivity index (χ0v) is 20.9. The third kappa shape index (κ3) is 5.56. The van der Waals surface area contributed by atoms with Crippen molar-refractivity contribution in [2.45, 2.75) is 45.1 Å². The summed E-state index contributed by atoms with van der Waals surface area (Å²) in [6.45, 7) is 6.90. The van der Waals surface area contributed by atoms with Crippen molar-refractivity contribution in [1.29, 1.82) is 0 Å². The molecule has 0 radical (unpaired) electrons. The molecule has 1 unspecified atom stereocenters. The Hall–Kier alpha value is -3.34. The summed E-state index contributed by atoms with van der Waals surface area (Å²) < 4.78 is 39.0. The van der Waals surface area contributed by atoms with E-state index in [4.69, 9.17) is 0 Å². The third-order valence-electron chi connectivity index (χ3n) is 5.64. The maximum absolute atomic E-state index is 13.0. The summed E-state index contributed by atoms with van der Waals surface area (Å²) in [6, 6.07) is 13.3. The monoisotopic (exact) mass is 514 g/mol. The number of aryl methyl sites for hydroxylation is 1. The number of thiazole rings is 1. The number of aliphatic hydroxyl groups is 2. The van der Waals surface area contributed by atoms with E-state index >= 15 is 0 Å². The molecule has 2 heterocycles. The predicted octanol–water partition coefficient (Wildman–Crippen LogP) is 6.15. The van der Waals surface area contributed by atoms with Crippen LogP contribution in [0.2, 0.25) is 0 Å². The Labute approximate surface area is 210 Å². The second-order valence-corrected chi connectivity index (χ2v) is 10.2. The predicted molar refractivity (Wildman–Crippen MR) is 133 cm³/mol. The SMILES string of the molecule is Cc1cc(Nc2nccc(C(F)(F)F)n2)cc(-c2cnc(C(C)(O)c3ccc(C(C)(C)O)cc3)s2)c1. The van der Waals surface area contributed by atoms with E-state index in [2.05, 4.69) is 20.3 Å². The summed E-state index contributed by atoms with van der Waals surface area (Å²) in [5.41, 5.74) is 0.140. The number of hydrogen-bond donors (Lipinski definition) is 3. The van der Waals surface area contributed by atoms with Gasteiger partial charge in [-0.15, -0.1) is 11.3 Å². The maximum Gasteiger partial charge on any atom is 0.433 e. The van der Waals surface area contributed by atoms with E-state index in [1.54, 1.807) is 63.4 Å². The molecule has 0 saturated heterocycles. The molecule has 6 nitrogen and oxygen atoms in total. The topological polar surface area (TPSA) is 91.2 Å². The van der Waals surface area contributed by atoms with Crippen molar-refractivity contribution in [3.63, 3.8) is 0 Å². The minimum Gasteiger partial charge on any atom is -0.386 e. The first kappa shape index (κ1) is 25.7. The molecule has 4 aromatic rings. The molecular formula is C26H25F3N4O2S. The van der Waals surface area contributed by atoms with Crippen LogP contribution in [0.4, 0.5) is 24.8 Å². The van der Waals surface area contributed by atoms with Crippen LogP contribution >= 0.6 is 11.3 Å². The van der Waals surface area contributed by atoms with Crippen LogP contribution in [-0.4, -0.2) is 25.2 Å².